The summed E-state index contributed by atoms with van der Waals surface area (Å²) in [7, 11) is 0. The Bertz CT molecular complexity index is 964. The van der Waals surface area contributed by atoms with Crippen molar-refractivity contribution in [1.29, 1.82) is 0 Å². The van der Waals surface area contributed by atoms with E-state index < -0.39 is 0 Å². The molecular weight excluding hydrogens is 344 g/mol. The molecule has 2 N–H and O–H groups in total. The molecule has 2 aromatic carbocycles. The average Bonchev–Trinajstić information content (AvgIpc) is 3.09. The van der Waals surface area contributed by atoms with Crippen molar-refractivity contribution in [3.8, 4) is 0 Å². The predicted molar refractivity (Wildman–Crippen MR) is 106 cm³/mol. The van der Waals surface area contributed by atoms with Gasteiger partial charge in [-0.2, -0.15) is 0 Å². The molecule has 2 heterocycles. The fourth-order valence-electron chi connectivity index (χ4n) is 2.91. The lowest BCUT2D eigenvalue weighted by atomic mass is 10.1. The van der Waals surface area contributed by atoms with Crippen LogP contribution < -0.4 is 10.6 Å². The maximum Gasteiger partial charge on any atom is 0.221 e. The number of benzene rings is 2. The van der Waals surface area contributed by atoms with Gasteiger partial charge >= 0.3 is 0 Å². The maximum absolute atomic E-state index is 11.4. The smallest absolute Gasteiger partial charge is 0.221 e. The average molecular weight is 362 g/mol. The van der Waals surface area contributed by atoms with Gasteiger partial charge in [0.05, 0.1) is 17.2 Å². The van der Waals surface area contributed by atoms with Gasteiger partial charge in [-0.05, 0) is 48.0 Å². The zero-order chi connectivity index (χ0) is 17.9. The highest BCUT2D eigenvalue weighted by Crippen LogP contribution is 2.44. The van der Waals surface area contributed by atoms with Gasteiger partial charge in [0, 0.05) is 23.2 Å². The summed E-state index contributed by atoms with van der Waals surface area (Å²) in [6, 6.07) is 20.0. The van der Waals surface area contributed by atoms with E-state index in [0.717, 1.165) is 33.3 Å². The number of carbonyl (C=O) groups excluding carboxylic acids is 1. The van der Waals surface area contributed by atoms with E-state index in [4.69, 9.17) is 4.42 Å². The van der Waals surface area contributed by atoms with Gasteiger partial charge in [0.2, 0.25) is 5.91 Å². The van der Waals surface area contributed by atoms with Crippen LogP contribution in [0, 0.1) is 0 Å². The van der Waals surface area contributed by atoms with Crippen LogP contribution in [-0.4, -0.2) is 5.91 Å². The molecule has 1 unspecified atom stereocenters. The van der Waals surface area contributed by atoms with Gasteiger partial charge in [0.15, 0.2) is 0 Å². The third-order valence-electron chi connectivity index (χ3n) is 4.05. The number of para-hydroxylation sites is 1. The number of carbonyl (C=O) groups is 1. The Morgan fingerprint density at radius 1 is 1.12 bits per heavy atom. The van der Waals surface area contributed by atoms with E-state index in [-0.39, 0.29) is 11.2 Å². The zero-order valence-electron chi connectivity index (χ0n) is 14.2. The molecule has 0 spiro atoms. The second-order valence-corrected chi connectivity index (χ2v) is 7.20. The Hall–Kier alpha value is -2.92. The molecule has 0 saturated carbocycles. The van der Waals surface area contributed by atoms with Gasteiger partial charge in [-0.1, -0.05) is 24.3 Å². The van der Waals surface area contributed by atoms with Gasteiger partial charge in [-0.25, -0.2) is 0 Å². The predicted octanol–water partition coefficient (Wildman–Crippen LogP) is 5.54. The molecule has 4 rings (SSSR count). The summed E-state index contributed by atoms with van der Waals surface area (Å²) in [5, 5.41) is 6.43. The van der Waals surface area contributed by atoms with E-state index in [2.05, 4.69) is 28.8 Å². The third kappa shape index (κ3) is 3.53. The van der Waals surface area contributed by atoms with Crippen LogP contribution in [0.2, 0.25) is 0 Å². The molecule has 1 atom stereocenters. The van der Waals surface area contributed by atoms with Gasteiger partial charge in [0.1, 0.15) is 5.76 Å². The van der Waals surface area contributed by atoms with E-state index in [1.54, 1.807) is 18.0 Å². The highest BCUT2D eigenvalue weighted by Gasteiger charge is 2.21. The largest absolute Gasteiger partial charge is 0.468 e. The first-order valence-electron chi connectivity index (χ1n) is 8.35. The fourth-order valence-corrected chi connectivity index (χ4v) is 4.04. The number of rotatable bonds is 3. The van der Waals surface area contributed by atoms with E-state index >= 15 is 0 Å². The molecule has 5 heteroatoms. The minimum Gasteiger partial charge on any atom is -0.468 e. The Kier molecular flexibility index (Phi) is 4.54. The standard InChI is InChI=1S/C21H18N2O2S/c1-14(24)22-16-7-4-6-15(12-16)18-13-21(19-9-5-11-25-19)26-20-10-3-2-8-17(20)23-18/h2-13,21,23H,1H3,(H,22,24). The molecule has 0 fully saturated rings. The Balaban J connectivity index is 1.77. The summed E-state index contributed by atoms with van der Waals surface area (Å²) in [6.45, 7) is 1.51. The van der Waals surface area contributed by atoms with Gasteiger partial charge in [0.25, 0.3) is 0 Å². The number of fused-ring (bicyclic) bond motifs is 1. The van der Waals surface area contributed by atoms with E-state index in [1.165, 1.54) is 6.92 Å². The summed E-state index contributed by atoms with van der Waals surface area (Å²) in [4.78, 5) is 12.5. The van der Waals surface area contributed by atoms with Gasteiger partial charge in [-0.3, -0.25) is 4.79 Å². The molecule has 0 saturated heterocycles. The molecule has 0 aliphatic carbocycles. The third-order valence-corrected chi connectivity index (χ3v) is 5.28. The lowest BCUT2D eigenvalue weighted by molar-refractivity contribution is -0.114. The highest BCUT2D eigenvalue weighted by molar-refractivity contribution is 7.99. The monoisotopic (exact) mass is 362 g/mol. The van der Waals surface area contributed by atoms with E-state index in [0.29, 0.717) is 0 Å². The van der Waals surface area contributed by atoms with Crippen molar-refractivity contribution < 1.29 is 9.21 Å². The number of hydrogen-bond acceptors (Lipinski definition) is 4. The molecule has 0 bridgehead atoms. The number of amides is 1. The van der Waals surface area contributed by atoms with E-state index in [1.807, 2.05) is 48.5 Å². The van der Waals surface area contributed by atoms with Crippen LogP contribution >= 0.6 is 11.8 Å². The topological polar surface area (TPSA) is 54.3 Å². The molecule has 26 heavy (non-hydrogen) atoms. The molecule has 1 aromatic heterocycles. The lowest BCUT2D eigenvalue weighted by Gasteiger charge is -2.12. The number of furan rings is 1. The SMILES string of the molecule is CC(=O)Nc1cccc(C2=CC(c3ccco3)Sc3ccccc3N2)c1. The maximum atomic E-state index is 11.4. The highest BCUT2D eigenvalue weighted by atomic mass is 32.2. The van der Waals surface area contributed by atoms with Gasteiger partial charge < -0.3 is 15.1 Å². The summed E-state index contributed by atoms with van der Waals surface area (Å²) >= 11 is 1.75. The molecule has 130 valence electrons. The van der Waals surface area contributed by atoms with Gasteiger partial charge in [-0.15, -0.1) is 11.8 Å². The molecule has 1 amide bonds. The van der Waals surface area contributed by atoms with Crippen molar-refractivity contribution in [2.75, 3.05) is 10.6 Å². The van der Waals surface area contributed by atoms with Crippen LogP contribution in [0.1, 0.15) is 23.5 Å². The molecular formula is C21H18N2O2S. The zero-order valence-corrected chi connectivity index (χ0v) is 15.0. The van der Waals surface area contributed by atoms with Crippen LogP contribution in [-0.2, 0) is 4.79 Å². The van der Waals surface area contributed by atoms with Crippen LogP contribution in [0.15, 0.2) is 82.3 Å². The van der Waals surface area contributed by atoms with Crippen LogP contribution in [0.25, 0.3) is 5.70 Å². The minimum atomic E-state index is -0.0840. The van der Waals surface area contributed by atoms with Crippen molar-refractivity contribution in [2.24, 2.45) is 0 Å². The van der Waals surface area contributed by atoms with Crippen molar-refractivity contribution in [1.82, 2.24) is 0 Å². The molecule has 1 aliphatic heterocycles. The van der Waals surface area contributed by atoms with Crippen LogP contribution in [0.3, 0.4) is 0 Å². The summed E-state index contributed by atoms with van der Waals surface area (Å²) < 4.78 is 5.65. The molecule has 3 aromatic rings. The number of hydrogen-bond donors (Lipinski definition) is 2. The first-order valence-corrected chi connectivity index (χ1v) is 9.23. The van der Waals surface area contributed by atoms with Crippen LogP contribution in [0.5, 0.6) is 0 Å². The number of nitrogens with one attached hydrogen (secondary N) is 2. The summed E-state index contributed by atoms with van der Waals surface area (Å²) in [6.07, 6.45) is 3.86. The number of thioether (sulfide) groups is 1. The van der Waals surface area contributed by atoms with E-state index in [9.17, 15) is 4.79 Å². The first-order chi connectivity index (χ1) is 12.7. The normalized spacial score (nSPS) is 16.0. The quantitative estimate of drug-likeness (QED) is 0.642. The number of anilines is 2. The van der Waals surface area contributed by atoms with Crippen molar-refractivity contribution in [2.45, 2.75) is 17.1 Å². The molecule has 1 aliphatic rings. The first kappa shape index (κ1) is 16.5. The second-order valence-electron chi connectivity index (χ2n) is 6.02. The van der Waals surface area contributed by atoms with Crippen molar-refractivity contribution in [3.05, 3.63) is 84.3 Å². The lowest BCUT2D eigenvalue weighted by Crippen LogP contribution is -2.06. The van der Waals surface area contributed by atoms with Crippen molar-refractivity contribution in [3.63, 3.8) is 0 Å². The summed E-state index contributed by atoms with van der Waals surface area (Å²) in [5.41, 5.74) is 3.82. The fraction of sp³-hybridized carbons (Fsp3) is 0.0952. The Labute approximate surface area is 156 Å². The molecule has 4 nitrogen and oxygen atoms in total. The Morgan fingerprint density at radius 3 is 2.81 bits per heavy atom. The van der Waals surface area contributed by atoms with Crippen LogP contribution in [0.4, 0.5) is 11.4 Å². The Morgan fingerprint density at radius 2 is 2.00 bits per heavy atom. The van der Waals surface area contributed by atoms with Crippen molar-refractivity contribution >= 4 is 34.7 Å². The summed E-state index contributed by atoms with van der Waals surface area (Å²) in [5.74, 6) is 0.823. The second kappa shape index (κ2) is 7.14. The minimum absolute atomic E-state index is 0.0561. The molecule has 0 radical (unpaired) electrons.